The average molecular weight is 339 g/mol. The van der Waals surface area contributed by atoms with E-state index in [9.17, 15) is 4.79 Å². The van der Waals surface area contributed by atoms with E-state index in [4.69, 9.17) is 4.74 Å². The van der Waals surface area contributed by atoms with Gasteiger partial charge in [-0.25, -0.2) is 0 Å². The Morgan fingerprint density at radius 3 is 2.92 bits per heavy atom. The van der Waals surface area contributed by atoms with Crippen molar-refractivity contribution in [1.29, 1.82) is 0 Å². The molecule has 0 spiro atoms. The molecule has 2 heterocycles. The molecule has 0 bridgehead atoms. The molecule has 2 N–H and O–H groups in total. The normalized spacial score (nSPS) is 16.8. The minimum absolute atomic E-state index is 0.152. The van der Waals surface area contributed by atoms with Gasteiger partial charge in [-0.1, -0.05) is 32.0 Å². The van der Waals surface area contributed by atoms with Gasteiger partial charge in [0.15, 0.2) is 0 Å². The SMILES string of the molecule is CC(C)c1ccccc1NC(=O)c1cncc(NCC2CCCO2)c1. The molecule has 132 valence electrons. The van der Waals surface area contributed by atoms with Gasteiger partial charge in [-0.15, -0.1) is 0 Å². The number of benzene rings is 1. The monoisotopic (exact) mass is 339 g/mol. The van der Waals surface area contributed by atoms with Gasteiger partial charge in [-0.3, -0.25) is 9.78 Å². The summed E-state index contributed by atoms with van der Waals surface area (Å²) in [4.78, 5) is 16.8. The molecule has 1 aliphatic rings. The van der Waals surface area contributed by atoms with Crippen molar-refractivity contribution in [2.45, 2.75) is 38.7 Å². The zero-order valence-corrected chi connectivity index (χ0v) is 14.8. The van der Waals surface area contributed by atoms with E-state index in [-0.39, 0.29) is 12.0 Å². The molecule has 1 aromatic carbocycles. The summed E-state index contributed by atoms with van der Waals surface area (Å²) in [6.45, 7) is 5.80. The number of nitrogens with zero attached hydrogens (tertiary/aromatic N) is 1. The summed E-state index contributed by atoms with van der Waals surface area (Å²) < 4.78 is 5.60. The first kappa shape index (κ1) is 17.4. The molecular formula is C20H25N3O2. The highest BCUT2D eigenvalue weighted by atomic mass is 16.5. The Balaban J connectivity index is 1.67. The Kier molecular flexibility index (Phi) is 5.66. The first-order chi connectivity index (χ1) is 12.1. The van der Waals surface area contributed by atoms with Gasteiger partial charge in [0.05, 0.1) is 17.4 Å². The molecule has 1 unspecified atom stereocenters. The molecule has 2 aromatic rings. The number of amides is 1. The van der Waals surface area contributed by atoms with Crippen LogP contribution in [0.3, 0.4) is 0 Å². The van der Waals surface area contributed by atoms with Crippen LogP contribution in [0.25, 0.3) is 0 Å². The van der Waals surface area contributed by atoms with E-state index in [1.54, 1.807) is 12.4 Å². The molecule has 25 heavy (non-hydrogen) atoms. The fraction of sp³-hybridized carbons (Fsp3) is 0.400. The number of nitrogens with one attached hydrogen (secondary N) is 2. The van der Waals surface area contributed by atoms with Crippen molar-refractivity contribution in [3.8, 4) is 0 Å². The van der Waals surface area contributed by atoms with E-state index in [1.807, 2.05) is 30.3 Å². The van der Waals surface area contributed by atoms with Crippen molar-refractivity contribution in [1.82, 2.24) is 4.98 Å². The molecule has 3 rings (SSSR count). The maximum Gasteiger partial charge on any atom is 0.257 e. The van der Waals surface area contributed by atoms with Crippen molar-refractivity contribution < 1.29 is 9.53 Å². The number of hydrogen-bond acceptors (Lipinski definition) is 4. The standard InChI is InChI=1S/C20H25N3O2/c1-14(2)18-7-3-4-8-19(18)23-20(24)15-10-16(12-21-11-15)22-13-17-6-5-9-25-17/h3-4,7-8,10-12,14,17,22H,5-6,9,13H2,1-2H3,(H,23,24). The summed E-state index contributed by atoms with van der Waals surface area (Å²) in [6.07, 6.45) is 5.75. The van der Waals surface area contributed by atoms with Crippen molar-refractivity contribution in [2.75, 3.05) is 23.8 Å². The van der Waals surface area contributed by atoms with Gasteiger partial charge in [0.2, 0.25) is 0 Å². The Hall–Kier alpha value is -2.40. The third kappa shape index (κ3) is 4.57. The van der Waals surface area contributed by atoms with E-state index >= 15 is 0 Å². The van der Waals surface area contributed by atoms with Gasteiger partial charge in [0, 0.05) is 31.2 Å². The summed E-state index contributed by atoms with van der Waals surface area (Å²) in [5.41, 5.74) is 3.34. The van der Waals surface area contributed by atoms with E-state index in [0.29, 0.717) is 11.5 Å². The van der Waals surface area contributed by atoms with Crippen molar-refractivity contribution in [2.24, 2.45) is 0 Å². The van der Waals surface area contributed by atoms with Crippen LogP contribution in [0.2, 0.25) is 0 Å². The zero-order chi connectivity index (χ0) is 17.6. The molecule has 5 heteroatoms. The van der Waals surface area contributed by atoms with Gasteiger partial charge in [0.1, 0.15) is 0 Å². The number of pyridine rings is 1. The molecule has 0 saturated carbocycles. The van der Waals surface area contributed by atoms with E-state index in [0.717, 1.165) is 42.9 Å². The first-order valence-corrected chi connectivity index (χ1v) is 8.84. The molecule has 5 nitrogen and oxygen atoms in total. The number of hydrogen-bond donors (Lipinski definition) is 2. The van der Waals surface area contributed by atoms with Crippen LogP contribution in [0.5, 0.6) is 0 Å². The van der Waals surface area contributed by atoms with E-state index in [1.165, 1.54) is 0 Å². The van der Waals surface area contributed by atoms with Crippen LogP contribution in [0.4, 0.5) is 11.4 Å². The molecule has 1 aromatic heterocycles. The maximum atomic E-state index is 12.6. The van der Waals surface area contributed by atoms with Crippen LogP contribution in [0.1, 0.15) is 48.5 Å². The highest BCUT2D eigenvalue weighted by Crippen LogP contribution is 2.24. The molecule has 1 amide bonds. The smallest absolute Gasteiger partial charge is 0.257 e. The highest BCUT2D eigenvalue weighted by Gasteiger charge is 2.15. The van der Waals surface area contributed by atoms with Crippen molar-refractivity contribution in [3.05, 3.63) is 53.9 Å². The number of ether oxygens (including phenoxy) is 1. The van der Waals surface area contributed by atoms with E-state index in [2.05, 4.69) is 29.5 Å². The van der Waals surface area contributed by atoms with Gasteiger partial charge < -0.3 is 15.4 Å². The average Bonchev–Trinajstić information content (AvgIpc) is 3.14. The van der Waals surface area contributed by atoms with Gasteiger partial charge in [-0.05, 0) is 36.5 Å². The third-order valence-corrected chi connectivity index (χ3v) is 4.39. The number of anilines is 2. The van der Waals surface area contributed by atoms with E-state index < -0.39 is 0 Å². The van der Waals surface area contributed by atoms with Crippen LogP contribution < -0.4 is 10.6 Å². The van der Waals surface area contributed by atoms with Crippen LogP contribution >= 0.6 is 0 Å². The Bertz CT molecular complexity index is 724. The lowest BCUT2D eigenvalue weighted by Gasteiger charge is -2.14. The van der Waals surface area contributed by atoms with Crippen LogP contribution in [0, 0.1) is 0 Å². The summed E-state index contributed by atoms with van der Waals surface area (Å²) >= 11 is 0. The molecule has 1 aliphatic heterocycles. The second kappa shape index (κ2) is 8.12. The predicted octanol–water partition coefficient (Wildman–Crippen LogP) is 4.05. The second-order valence-electron chi connectivity index (χ2n) is 6.67. The maximum absolute atomic E-state index is 12.6. The fourth-order valence-electron chi connectivity index (χ4n) is 3.01. The van der Waals surface area contributed by atoms with Crippen molar-refractivity contribution in [3.63, 3.8) is 0 Å². The quantitative estimate of drug-likeness (QED) is 0.833. The zero-order valence-electron chi connectivity index (χ0n) is 14.8. The minimum atomic E-state index is -0.152. The Morgan fingerprint density at radius 2 is 2.16 bits per heavy atom. The van der Waals surface area contributed by atoms with Gasteiger partial charge in [0.25, 0.3) is 5.91 Å². The number of carbonyl (C=O) groups is 1. The van der Waals surface area contributed by atoms with Crippen molar-refractivity contribution >= 4 is 17.3 Å². The highest BCUT2D eigenvalue weighted by molar-refractivity contribution is 6.05. The number of para-hydroxylation sites is 1. The molecular weight excluding hydrogens is 314 g/mol. The van der Waals surface area contributed by atoms with Crippen LogP contribution in [0.15, 0.2) is 42.7 Å². The summed E-state index contributed by atoms with van der Waals surface area (Å²) in [5, 5.41) is 6.31. The minimum Gasteiger partial charge on any atom is -0.381 e. The molecule has 0 aliphatic carbocycles. The van der Waals surface area contributed by atoms with Gasteiger partial charge >= 0.3 is 0 Å². The second-order valence-corrected chi connectivity index (χ2v) is 6.67. The Morgan fingerprint density at radius 1 is 1.32 bits per heavy atom. The molecule has 1 atom stereocenters. The Labute approximate surface area is 148 Å². The summed E-state index contributed by atoms with van der Waals surface area (Å²) in [5.74, 6) is 0.190. The van der Waals surface area contributed by atoms with Gasteiger partial charge in [-0.2, -0.15) is 0 Å². The summed E-state index contributed by atoms with van der Waals surface area (Å²) in [7, 11) is 0. The third-order valence-electron chi connectivity index (χ3n) is 4.39. The van der Waals surface area contributed by atoms with Crippen LogP contribution in [-0.4, -0.2) is 30.1 Å². The molecule has 1 fully saturated rings. The lowest BCUT2D eigenvalue weighted by molar-refractivity contribution is 0.102. The number of rotatable bonds is 6. The fourth-order valence-corrected chi connectivity index (χ4v) is 3.01. The predicted molar refractivity (Wildman–Crippen MR) is 100 cm³/mol. The summed E-state index contributed by atoms with van der Waals surface area (Å²) in [6, 6.07) is 9.72. The lowest BCUT2D eigenvalue weighted by atomic mass is 10.0. The first-order valence-electron chi connectivity index (χ1n) is 8.84. The largest absolute Gasteiger partial charge is 0.381 e. The molecule has 0 radical (unpaired) electrons. The topological polar surface area (TPSA) is 63.2 Å². The molecule has 1 saturated heterocycles. The lowest BCUT2D eigenvalue weighted by Crippen LogP contribution is -2.19. The number of carbonyl (C=O) groups excluding carboxylic acids is 1. The van der Waals surface area contributed by atoms with Crippen LogP contribution in [-0.2, 0) is 4.74 Å². The number of aromatic nitrogens is 1.